The Hall–Kier alpha value is -2.14. The van der Waals surface area contributed by atoms with Crippen LogP contribution in [0.25, 0.3) is 6.08 Å². The normalized spacial score (nSPS) is 10.5. The van der Waals surface area contributed by atoms with E-state index in [9.17, 15) is 9.59 Å². The van der Waals surface area contributed by atoms with Crippen LogP contribution in [0.5, 0.6) is 0 Å². The van der Waals surface area contributed by atoms with Crippen molar-refractivity contribution in [1.29, 1.82) is 0 Å². The number of nitrogens with one attached hydrogen (secondary N) is 1. The Morgan fingerprint density at radius 1 is 1.15 bits per heavy atom. The molecule has 108 valence electrons. The second-order valence-electron chi connectivity index (χ2n) is 3.89. The summed E-state index contributed by atoms with van der Waals surface area (Å²) in [6, 6.07) is 7.11. The highest BCUT2D eigenvalue weighted by atomic mass is 16.5. The third kappa shape index (κ3) is 6.15. The zero-order chi connectivity index (χ0) is 14.8. The summed E-state index contributed by atoms with van der Waals surface area (Å²) >= 11 is 0. The van der Waals surface area contributed by atoms with Gasteiger partial charge in [-0.1, -0.05) is 12.1 Å². The molecule has 0 fully saturated rings. The quantitative estimate of drug-likeness (QED) is 0.613. The first-order valence-corrected chi connectivity index (χ1v) is 6.48. The molecule has 5 nitrogen and oxygen atoms in total. The van der Waals surface area contributed by atoms with Crippen molar-refractivity contribution in [3.8, 4) is 0 Å². The van der Waals surface area contributed by atoms with Crippen molar-refractivity contribution >= 4 is 23.6 Å². The monoisotopic (exact) mass is 277 g/mol. The molecular weight excluding hydrogens is 258 g/mol. The van der Waals surface area contributed by atoms with Crippen molar-refractivity contribution in [2.45, 2.75) is 13.8 Å². The van der Waals surface area contributed by atoms with E-state index < -0.39 is 0 Å². The maximum Gasteiger partial charge on any atom is 0.330 e. The van der Waals surface area contributed by atoms with Crippen LogP contribution < -0.4 is 5.32 Å². The van der Waals surface area contributed by atoms with Gasteiger partial charge in [-0.25, -0.2) is 4.79 Å². The van der Waals surface area contributed by atoms with Crippen LogP contribution in [0.3, 0.4) is 0 Å². The Labute approximate surface area is 118 Å². The van der Waals surface area contributed by atoms with Crippen molar-refractivity contribution in [1.82, 2.24) is 0 Å². The summed E-state index contributed by atoms with van der Waals surface area (Å²) in [4.78, 5) is 22.6. The molecule has 5 heteroatoms. The predicted molar refractivity (Wildman–Crippen MR) is 77.2 cm³/mol. The summed E-state index contributed by atoms with van der Waals surface area (Å²) in [5, 5.41) is 2.71. The molecule has 1 aromatic rings. The standard InChI is InChI=1S/C15H19NO4/c1-3-19-11-14(17)16-13-8-5-12(6-9-13)7-10-15(18)20-4-2/h5-10H,3-4,11H2,1-2H3,(H,16,17). The van der Waals surface area contributed by atoms with Gasteiger partial charge >= 0.3 is 5.97 Å². The SMILES string of the molecule is CCOCC(=O)Nc1ccc(C=CC(=O)OCC)cc1. The van der Waals surface area contributed by atoms with Crippen molar-refractivity contribution in [3.05, 3.63) is 35.9 Å². The Morgan fingerprint density at radius 3 is 2.45 bits per heavy atom. The van der Waals surface area contributed by atoms with Crippen LogP contribution in [-0.4, -0.2) is 31.7 Å². The fourth-order valence-corrected chi connectivity index (χ4v) is 1.42. The van der Waals surface area contributed by atoms with Crippen LogP contribution in [-0.2, 0) is 19.1 Å². The zero-order valence-electron chi connectivity index (χ0n) is 11.7. The molecule has 0 atom stereocenters. The number of rotatable bonds is 7. The number of hydrogen-bond donors (Lipinski definition) is 1. The van der Waals surface area contributed by atoms with Crippen molar-refractivity contribution in [2.24, 2.45) is 0 Å². The minimum atomic E-state index is -0.374. The van der Waals surface area contributed by atoms with Gasteiger partial charge in [-0.3, -0.25) is 4.79 Å². The lowest BCUT2D eigenvalue weighted by Crippen LogP contribution is -2.18. The van der Waals surface area contributed by atoms with Gasteiger partial charge in [0, 0.05) is 18.4 Å². The molecule has 1 N–H and O–H groups in total. The Kier molecular flexibility index (Phi) is 7.06. The molecule has 1 aromatic carbocycles. The highest BCUT2D eigenvalue weighted by Crippen LogP contribution is 2.10. The number of benzene rings is 1. The van der Waals surface area contributed by atoms with Crippen LogP contribution in [0.4, 0.5) is 5.69 Å². The first-order valence-electron chi connectivity index (χ1n) is 6.48. The average Bonchev–Trinajstić information content (AvgIpc) is 2.45. The maximum absolute atomic E-state index is 11.4. The van der Waals surface area contributed by atoms with E-state index in [2.05, 4.69) is 5.32 Å². The molecule has 1 rings (SSSR count). The zero-order valence-corrected chi connectivity index (χ0v) is 11.7. The van der Waals surface area contributed by atoms with Gasteiger partial charge in [0.15, 0.2) is 0 Å². The molecule has 0 heterocycles. The summed E-state index contributed by atoms with van der Waals surface area (Å²) in [6.07, 6.45) is 3.02. The average molecular weight is 277 g/mol. The van der Waals surface area contributed by atoms with E-state index in [-0.39, 0.29) is 18.5 Å². The topological polar surface area (TPSA) is 64.6 Å². The molecule has 0 aliphatic carbocycles. The minimum absolute atomic E-state index is 0.0427. The Morgan fingerprint density at radius 2 is 1.85 bits per heavy atom. The summed E-state index contributed by atoms with van der Waals surface area (Å²) in [5.41, 5.74) is 1.53. The van der Waals surface area contributed by atoms with Crippen LogP contribution >= 0.6 is 0 Å². The molecular formula is C15H19NO4. The van der Waals surface area contributed by atoms with E-state index in [1.807, 2.05) is 6.92 Å². The lowest BCUT2D eigenvalue weighted by molar-refractivity contribution is -0.137. The lowest BCUT2D eigenvalue weighted by Gasteiger charge is -2.05. The summed E-state index contributed by atoms with van der Waals surface area (Å²) in [6.45, 7) is 4.49. The molecule has 0 aliphatic rings. The first-order chi connectivity index (χ1) is 9.65. The van der Waals surface area contributed by atoms with Gasteiger partial charge in [0.25, 0.3) is 0 Å². The fraction of sp³-hybridized carbons (Fsp3) is 0.333. The van der Waals surface area contributed by atoms with E-state index in [4.69, 9.17) is 9.47 Å². The number of anilines is 1. The molecule has 0 aliphatic heterocycles. The molecule has 0 bridgehead atoms. The van der Waals surface area contributed by atoms with Crippen LogP contribution in [0.1, 0.15) is 19.4 Å². The van der Waals surface area contributed by atoms with Gasteiger partial charge in [0.1, 0.15) is 6.61 Å². The van der Waals surface area contributed by atoms with Gasteiger partial charge in [0.2, 0.25) is 5.91 Å². The Bertz CT molecular complexity index is 465. The smallest absolute Gasteiger partial charge is 0.330 e. The van der Waals surface area contributed by atoms with Gasteiger partial charge < -0.3 is 14.8 Å². The third-order valence-corrected chi connectivity index (χ3v) is 2.33. The first kappa shape index (κ1) is 15.9. The lowest BCUT2D eigenvalue weighted by atomic mass is 10.2. The third-order valence-electron chi connectivity index (χ3n) is 2.33. The van der Waals surface area contributed by atoms with Gasteiger partial charge in [-0.05, 0) is 37.6 Å². The predicted octanol–water partition coefficient (Wildman–Crippen LogP) is 2.24. The molecule has 20 heavy (non-hydrogen) atoms. The summed E-state index contributed by atoms with van der Waals surface area (Å²) in [7, 11) is 0. The van der Waals surface area contributed by atoms with Crippen molar-refractivity contribution in [3.63, 3.8) is 0 Å². The number of amides is 1. The van der Waals surface area contributed by atoms with Crippen molar-refractivity contribution in [2.75, 3.05) is 25.1 Å². The second kappa shape index (κ2) is 8.87. The number of hydrogen-bond acceptors (Lipinski definition) is 4. The fourth-order valence-electron chi connectivity index (χ4n) is 1.42. The van der Waals surface area contributed by atoms with Crippen LogP contribution in [0, 0.1) is 0 Å². The molecule has 0 saturated carbocycles. The van der Waals surface area contributed by atoms with E-state index in [1.165, 1.54) is 6.08 Å². The number of carbonyl (C=O) groups is 2. The summed E-state index contributed by atoms with van der Waals surface area (Å²) in [5.74, 6) is -0.566. The van der Waals surface area contributed by atoms with E-state index in [0.29, 0.717) is 18.9 Å². The molecule has 0 saturated heterocycles. The van der Waals surface area contributed by atoms with Gasteiger partial charge in [0.05, 0.1) is 6.61 Å². The minimum Gasteiger partial charge on any atom is -0.463 e. The number of ether oxygens (including phenoxy) is 2. The molecule has 0 spiro atoms. The van der Waals surface area contributed by atoms with E-state index in [1.54, 1.807) is 37.3 Å². The second-order valence-corrected chi connectivity index (χ2v) is 3.89. The number of esters is 1. The summed E-state index contributed by atoms with van der Waals surface area (Å²) < 4.78 is 9.79. The van der Waals surface area contributed by atoms with Crippen LogP contribution in [0.15, 0.2) is 30.3 Å². The van der Waals surface area contributed by atoms with Gasteiger partial charge in [-0.15, -0.1) is 0 Å². The number of carbonyl (C=O) groups excluding carboxylic acids is 2. The van der Waals surface area contributed by atoms with E-state index >= 15 is 0 Å². The van der Waals surface area contributed by atoms with E-state index in [0.717, 1.165) is 5.56 Å². The van der Waals surface area contributed by atoms with Gasteiger partial charge in [-0.2, -0.15) is 0 Å². The van der Waals surface area contributed by atoms with Crippen molar-refractivity contribution < 1.29 is 19.1 Å². The Balaban J connectivity index is 2.51. The highest BCUT2D eigenvalue weighted by molar-refractivity contribution is 5.92. The molecule has 0 unspecified atom stereocenters. The van der Waals surface area contributed by atoms with Crippen LogP contribution in [0.2, 0.25) is 0 Å². The maximum atomic E-state index is 11.4. The highest BCUT2D eigenvalue weighted by Gasteiger charge is 2.01. The molecule has 1 amide bonds. The molecule has 0 aromatic heterocycles. The largest absolute Gasteiger partial charge is 0.463 e. The molecule has 0 radical (unpaired) electrons.